The topological polar surface area (TPSA) is 88.5 Å². The van der Waals surface area contributed by atoms with Crippen molar-refractivity contribution in [1.29, 1.82) is 0 Å². The van der Waals surface area contributed by atoms with Crippen molar-refractivity contribution in [3.8, 4) is 0 Å². The van der Waals surface area contributed by atoms with Crippen LogP contribution in [0.3, 0.4) is 0 Å². The van der Waals surface area contributed by atoms with Crippen LogP contribution in [-0.4, -0.2) is 23.7 Å². The highest BCUT2D eigenvalue weighted by atomic mass is 16.4. The van der Waals surface area contributed by atoms with Crippen molar-refractivity contribution in [3.05, 3.63) is 23.7 Å². The van der Waals surface area contributed by atoms with Crippen molar-refractivity contribution in [2.45, 2.75) is 25.9 Å². The van der Waals surface area contributed by atoms with E-state index in [0.717, 1.165) is 11.5 Å². The van der Waals surface area contributed by atoms with Crippen LogP contribution in [0.15, 0.2) is 16.5 Å². The smallest absolute Gasteiger partial charge is 0.321 e. The highest BCUT2D eigenvalue weighted by Crippen LogP contribution is 2.14. The van der Waals surface area contributed by atoms with Crippen LogP contribution < -0.4 is 11.1 Å². The Balaban J connectivity index is 2.43. The summed E-state index contributed by atoms with van der Waals surface area (Å²) < 4.78 is 5.39. The van der Waals surface area contributed by atoms with Gasteiger partial charge in [-0.15, -0.1) is 0 Å². The maximum Gasteiger partial charge on any atom is 0.321 e. The number of carboxylic acids is 1. The van der Waals surface area contributed by atoms with Gasteiger partial charge in [0.1, 0.15) is 17.6 Å². The molecule has 0 aromatic carbocycles. The molecule has 0 aliphatic rings. The Labute approximate surface area is 88.3 Å². The number of rotatable bonds is 5. The summed E-state index contributed by atoms with van der Waals surface area (Å²) in [7, 11) is 0. The molecule has 0 radical (unpaired) electrons. The maximum atomic E-state index is 10.5. The molecule has 0 spiro atoms. The minimum Gasteiger partial charge on any atom is -0.480 e. The third kappa shape index (κ3) is 3.38. The van der Waals surface area contributed by atoms with Gasteiger partial charge in [0.05, 0.1) is 6.04 Å². The highest BCUT2D eigenvalue weighted by molar-refractivity contribution is 5.73. The van der Waals surface area contributed by atoms with Crippen molar-refractivity contribution in [2.24, 2.45) is 5.73 Å². The Kier molecular flexibility index (Phi) is 3.88. The molecule has 1 rings (SSSR count). The number of hydrogen-bond donors (Lipinski definition) is 3. The molecule has 1 aromatic heterocycles. The monoisotopic (exact) mass is 212 g/mol. The van der Waals surface area contributed by atoms with E-state index in [2.05, 4.69) is 5.32 Å². The Hall–Kier alpha value is -1.33. The Morgan fingerprint density at radius 2 is 2.33 bits per heavy atom. The molecule has 15 heavy (non-hydrogen) atoms. The summed E-state index contributed by atoms with van der Waals surface area (Å²) in [5.41, 5.74) is 5.36. The fraction of sp³-hybridized carbons (Fsp3) is 0.500. The lowest BCUT2D eigenvalue weighted by molar-refractivity contribution is -0.138. The van der Waals surface area contributed by atoms with Gasteiger partial charge in [-0.2, -0.15) is 0 Å². The van der Waals surface area contributed by atoms with E-state index < -0.39 is 12.0 Å². The van der Waals surface area contributed by atoms with Gasteiger partial charge >= 0.3 is 5.97 Å². The summed E-state index contributed by atoms with van der Waals surface area (Å²) in [4.78, 5) is 10.5. The molecule has 5 nitrogen and oxygen atoms in total. The lowest BCUT2D eigenvalue weighted by Gasteiger charge is -2.13. The van der Waals surface area contributed by atoms with Crippen molar-refractivity contribution >= 4 is 5.97 Å². The second-order valence-corrected chi connectivity index (χ2v) is 3.52. The van der Waals surface area contributed by atoms with E-state index in [4.69, 9.17) is 15.3 Å². The predicted molar refractivity (Wildman–Crippen MR) is 55.5 cm³/mol. The van der Waals surface area contributed by atoms with E-state index in [1.807, 2.05) is 26.0 Å². The number of hydrogen-bond acceptors (Lipinski definition) is 4. The van der Waals surface area contributed by atoms with Crippen LogP contribution in [-0.2, 0) is 4.79 Å². The van der Waals surface area contributed by atoms with Crippen LogP contribution in [0.2, 0.25) is 0 Å². The first-order valence-corrected chi connectivity index (χ1v) is 4.79. The SMILES string of the molecule is Cc1ccc(C(C)NCC(N)C(=O)O)o1. The quantitative estimate of drug-likeness (QED) is 0.667. The number of aryl methyl sites for hydroxylation is 1. The third-order valence-electron chi connectivity index (χ3n) is 2.15. The van der Waals surface area contributed by atoms with Crippen LogP contribution in [0.4, 0.5) is 0 Å². The summed E-state index contributed by atoms with van der Waals surface area (Å²) in [6.45, 7) is 3.97. The molecular formula is C10H16N2O3. The molecule has 0 saturated carbocycles. The zero-order valence-corrected chi connectivity index (χ0v) is 8.86. The largest absolute Gasteiger partial charge is 0.480 e. The fourth-order valence-corrected chi connectivity index (χ4v) is 1.18. The minimum absolute atomic E-state index is 0.0379. The van der Waals surface area contributed by atoms with Crippen LogP contribution >= 0.6 is 0 Å². The van der Waals surface area contributed by atoms with E-state index >= 15 is 0 Å². The number of carboxylic acid groups (broad SMARTS) is 1. The van der Waals surface area contributed by atoms with Gasteiger partial charge < -0.3 is 20.6 Å². The van der Waals surface area contributed by atoms with Crippen molar-refractivity contribution < 1.29 is 14.3 Å². The minimum atomic E-state index is -1.01. The molecule has 1 heterocycles. The Morgan fingerprint density at radius 1 is 1.67 bits per heavy atom. The van der Waals surface area contributed by atoms with Gasteiger partial charge in [-0.25, -0.2) is 0 Å². The van der Waals surface area contributed by atoms with E-state index in [1.165, 1.54) is 0 Å². The lowest BCUT2D eigenvalue weighted by atomic mass is 10.2. The average molecular weight is 212 g/mol. The normalized spacial score (nSPS) is 14.9. The number of nitrogens with one attached hydrogen (secondary N) is 1. The third-order valence-corrected chi connectivity index (χ3v) is 2.15. The summed E-state index contributed by atoms with van der Waals surface area (Å²) in [5, 5.41) is 11.6. The molecule has 84 valence electrons. The molecule has 0 aliphatic carbocycles. The first-order chi connectivity index (χ1) is 7.00. The van der Waals surface area contributed by atoms with Crippen LogP contribution in [0.5, 0.6) is 0 Å². The first kappa shape index (κ1) is 11.7. The first-order valence-electron chi connectivity index (χ1n) is 4.79. The second-order valence-electron chi connectivity index (χ2n) is 3.52. The van der Waals surface area contributed by atoms with Crippen LogP contribution in [0, 0.1) is 6.92 Å². The summed E-state index contributed by atoms with van der Waals surface area (Å²) in [6, 6.07) is 2.80. The van der Waals surface area contributed by atoms with Gasteiger partial charge in [0.25, 0.3) is 0 Å². The zero-order valence-electron chi connectivity index (χ0n) is 8.86. The van der Waals surface area contributed by atoms with Crippen LogP contribution in [0.1, 0.15) is 24.5 Å². The summed E-state index contributed by atoms with van der Waals surface area (Å²) >= 11 is 0. The van der Waals surface area contributed by atoms with Gasteiger partial charge in [-0.3, -0.25) is 4.79 Å². The molecule has 1 aromatic rings. The molecule has 0 saturated heterocycles. The van der Waals surface area contributed by atoms with Crippen molar-refractivity contribution in [3.63, 3.8) is 0 Å². The average Bonchev–Trinajstić information content (AvgIpc) is 2.60. The molecule has 5 heteroatoms. The number of nitrogens with two attached hydrogens (primary N) is 1. The summed E-state index contributed by atoms with van der Waals surface area (Å²) in [6.07, 6.45) is 0. The van der Waals surface area contributed by atoms with Crippen LogP contribution in [0.25, 0.3) is 0 Å². The van der Waals surface area contributed by atoms with Gasteiger partial charge in [0, 0.05) is 6.54 Å². The molecule has 2 atom stereocenters. The maximum absolute atomic E-state index is 10.5. The number of carbonyl (C=O) groups is 1. The lowest BCUT2D eigenvalue weighted by Crippen LogP contribution is -2.41. The Bertz CT molecular complexity index is 335. The van der Waals surface area contributed by atoms with Gasteiger partial charge in [-0.1, -0.05) is 0 Å². The second kappa shape index (κ2) is 4.95. The fourth-order valence-electron chi connectivity index (χ4n) is 1.18. The van der Waals surface area contributed by atoms with Crippen molar-refractivity contribution in [1.82, 2.24) is 5.32 Å². The van der Waals surface area contributed by atoms with E-state index in [-0.39, 0.29) is 12.6 Å². The van der Waals surface area contributed by atoms with Gasteiger partial charge in [-0.05, 0) is 26.0 Å². The molecule has 0 fully saturated rings. The molecule has 0 amide bonds. The zero-order chi connectivity index (χ0) is 11.4. The van der Waals surface area contributed by atoms with E-state index in [1.54, 1.807) is 0 Å². The number of aliphatic carboxylic acids is 1. The Morgan fingerprint density at radius 3 is 2.80 bits per heavy atom. The van der Waals surface area contributed by atoms with Gasteiger partial charge in [0.2, 0.25) is 0 Å². The van der Waals surface area contributed by atoms with Crippen molar-refractivity contribution in [2.75, 3.05) is 6.54 Å². The molecule has 2 unspecified atom stereocenters. The number of furan rings is 1. The van der Waals surface area contributed by atoms with E-state index in [9.17, 15) is 4.79 Å². The summed E-state index contributed by atoms with van der Waals surface area (Å²) in [5.74, 6) is 0.608. The molecule has 4 N–H and O–H groups in total. The highest BCUT2D eigenvalue weighted by Gasteiger charge is 2.14. The molecule has 0 bridgehead atoms. The predicted octanol–water partition coefficient (Wildman–Crippen LogP) is 0.651. The molecular weight excluding hydrogens is 196 g/mol. The standard InChI is InChI=1S/C10H16N2O3/c1-6-3-4-9(15-6)7(2)12-5-8(11)10(13)14/h3-4,7-8,12H,5,11H2,1-2H3,(H,13,14). The molecule has 0 aliphatic heterocycles. The van der Waals surface area contributed by atoms with E-state index in [0.29, 0.717) is 0 Å². The van der Waals surface area contributed by atoms with Gasteiger partial charge in [0.15, 0.2) is 0 Å².